The van der Waals surface area contributed by atoms with Gasteiger partial charge in [0.25, 0.3) is 0 Å². The van der Waals surface area contributed by atoms with E-state index in [-0.39, 0.29) is 12.4 Å². The highest BCUT2D eigenvalue weighted by Gasteiger charge is 2.45. The molecule has 2 aliphatic rings. The third kappa shape index (κ3) is 3.18. The van der Waals surface area contributed by atoms with Crippen molar-refractivity contribution >= 4 is 10.0 Å². The molecule has 0 spiro atoms. The van der Waals surface area contributed by atoms with Gasteiger partial charge in [0.2, 0.25) is 10.0 Å². The molecule has 0 aliphatic heterocycles. The molecule has 0 aromatic rings. The van der Waals surface area contributed by atoms with Crippen LogP contribution in [0.4, 0.5) is 0 Å². The first kappa shape index (κ1) is 12.3. The summed E-state index contributed by atoms with van der Waals surface area (Å²) in [5.41, 5.74) is -0.506. The maximum atomic E-state index is 11.9. The summed E-state index contributed by atoms with van der Waals surface area (Å²) in [7, 11) is -3.20. The molecule has 16 heavy (non-hydrogen) atoms. The minimum atomic E-state index is -3.20. The van der Waals surface area contributed by atoms with Gasteiger partial charge in [-0.1, -0.05) is 19.3 Å². The fraction of sp³-hybridized carbons (Fsp3) is 1.00. The molecular weight excluding hydrogens is 226 g/mol. The fourth-order valence-electron chi connectivity index (χ4n) is 2.48. The van der Waals surface area contributed by atoms with Gasteiger partial charge in [0, 0.05) is 0 Å². The molecule has 0 amide bonds. The Balaban J connectivity index is 1.87. The van der Waals surface area contributed by atoms with Crippen molar-refractivity contribution in [2.24, 2.45) is 5.92 Å². The van der Waals surface area contributed by atoms with Crippen molar-refractivity contribution in [3.05, 3.63) is 0 Å². The van der Waals surface area contributed by atoms with Crippen LogP contribution in [0.25, 0.3) is 0 Å². The predicted octanol–water partition coefficient (Wildman–Crippen LogP) is 1.01. The van der Waals surface area contributed by atoms with Crippen molar-refractivity contribution in [1.29, 1.82) is 0 Å². The van der Waals surface area contributed by atoms with Gasteiger partial charge in [-0.2, -0.15) is 0 Å². The molecule has 2 rings (SSSR count). The molecule has 0 saturated heterocycles. The Morgan fingerprint density at radius 1 is 1.19 bits per heavy atom. The quantitative estimate of drug-likeness (QED) is 0.762. The van der Waals surface area contributed by atoms with E-state index in [1.165, 1.54) is 6.42 Å². The van der Waals surface area contributed by atoms with Gasteiger partial charge < -0.3 is 5.11 Å². The molecule has 4 nitrogen and oxygen atoms in total. The van der Waals surface area contributed by atoms with Gasteiger partial charge in [0.05, 0.1) is 17.9 Å². The molecule has 0 heterocycles. The van der Waals surface area contributed by atoms with E-state index in [9.17, 15) is 8.42 Å². The average molecular weight is 247 g/mol. The van der Waals surface area contributed by atoms with Crippen molar-refractivity contribution in [1.82, 2.24) is 4.72 Å². The van der Waals surface area contributed by atoms with Gasteiger partial charge in [0.15, 0.2) is 0 Å². The SMILES string of the molecule is O=S(=O)(CC1CCCCC1)NC1(CO)CC1. The first-order valence-corrected chi connectivity index (χ1v) is 7.83. The maximum absolute atomic E-state index is 11.9. The normalized spacial score (nSPS) is 25.6. The lowest BCUT2D eigenvalue weighted by Crippen LogP contribution is -2.42. The molecule has 0 radical (unpaired) electrons. The zero-order chi connectivity index (χ0) is 11.6. The van der Waals surface area contributed by atoms with Crippen molar-refractivity contribution in [3.8, 4) is 0 Å². The first-order valence-electron chi connectivity index (χ1n) is 6.18. The molecule has 0 aromatic heterocycles. The van der Waals surface area contributed by atoms with E-state index < -0.39 is 15.6 Å². The summed E-state index contributed by atoms with van der Waals surface area (Å²) in [6.07, 6.45) is 7.17. The molecule has 2 fully saturated rings. The Kier molecular flexibility index (Phi) is 3.56. The van der Waals surface area contributed by atoms with Gasteiger partial charge >= 0.3 is 0 Å². The van der Waals surface area contributed by atoms with E-state index in [1.54, 1.807) is 0 Å². The van der Waals surface area contributed by atoms with Crippen LogP contribution in [0.1, 0.15) is 44.9 Å². The Morgan fingerprint density at radius 3 is 2.31 bits per heavy atom. The van der Waals surface area contributed by atoms with E-state index in [0.717, 1.165) is 38.5 Å². The van der Waals surface area contributed by atoms with Crippen molar-refractivity contribution in [2.75, 3.05) is 12.4 Å². The molecule has 5 heteroatoms. The summed E-state index contributed by atoms with van der Waals surface area (Å²) in [5.74, 6) is 0.565. The highest BCUT2D eigenvalue weighted by molar-refractivity contribution is 7.89. The second kappa shape index (κ2) is 4.63. The van der Waals surface area contributed by atoms with Crippen LogP contribution in [-0.4, -0.2) is 31.4 Å². The molecule has 0 atom stereocenters. The topological polar surface area (TPSA) is 66.4 Å². The monoisotopic (exact) mass is 247 g/mol. The number of sulfonamides is 1. The summed E-state index contributed by atoms with van der Waals surface area (Å²) in [6, 6.07) is 0. The largest absolute Gasteiger partial charge is 0.394 e. The molecule has 2 N–H and O–H groups in total. The van der Waals surface area contributed by atoms with Crippen LogP contribution >= 0.6 is 0 Å². The van der Waals surface area contributed by atoms with Crippen LogP contribution in [0.3, 0.4) is 0 Å². The Morgan fingerprint density at radius 2 is 1.81 bits per heavy atom. The van der Waals surface area contributed by atoms with Crippen LogP contribution in [0, 0.1) is 5.92 Å². The van der Waals surface area contributed by atoms with Crippen LogP contribution in [0.15, 0.2) is 0 Å². The summed E-state index contributed by atoms with van der Waals surface area (Å²) in [6.45, 7) is -0.0725. The second-order valence-electron chi connectivity index (χ2n) is 5.33. The number of nitrogens with one attached hydrogen (secondary N) is 1. The predicted molar refractivity (Wildman–Crippen MR) is 62.5 cm³/mol. The van der Waals surface area contributed by atoms with Gasteiger partial charge in [-0.25, -0.2) is 13.1 Å². The average Bonchev–Trinajstić information content (AvgIpc) is 2.98. The lowest BCUT2D eigenvalue weighted by atomic mass is 9.91. The van der Waals surface area contributed by atoms with Gasteiger partial charge in [0.1, 0.15) is 0 Å². The molecule has 2 aliphatic carbocycles. The fourth-order valence-corrected chi connectivity index (χ4v) is 4.44. The summed E-state index contributed by atoms with van der Waals surface area (Å²) >= 11 is 0. The standard InChI is InChI=1S/C11H21NO3S/c13-9-11(6-7-11)12-16(14,15)8-10-4-2-1-3-5-10/h10,12-13H,1-9H2. The summed E-state index contributed by atoms with van der Waals surface area (Å²) in [4.78, 5) is 0. The van der Waals surface area contributed by atoms with E-state index >= 15 is 0 Å². The molecule has 94 valence electrons. The van der Waals surface area contributed by atoms with E-state index in [2.05, 4.69) is 4.72 Å². The van der Waals surface area contributed by atoms with Crippen LogP contribution in [0.2, 0.25) is 0 Å². The number of aliphatic hydroxyl groups excluding tert-OH is 1. The van der Waals surface area contributed by atoms with Crippen molar-refractivity contribution in [3.63, 3.8) is 0 Å². The van der Waals surface area contributed by atoms with Gasteiger partial charge in [-0.05, 0) is 31.6 Å². The smallest absolute Gasteiger partial charge is 0.212 e. The minimum absolute atomic E-state index is 0.0725. The summed E-state index contributed by atoms with van der Waals surface area (Å²) < 4.78 is 26.4. The van der Waals surface area contributed by atoms with Crippen molar-refractivity contribution in [2.45, 2.75) is 50.5 Å². The zero-order valence-electron chi connectivity index (χ0n) is 9.61. The Bertz CT molecular complexity index is 329. The van der Waals surface area contributed by atoms with Crippen LogP contribution in [0.5, 0.6) is 0 Å². The lowest BCUT2D eigenvalue weighted by molar-refractivity contribution is 0.246. The van der Waals surface area contributed by atoms with Crippen LogP contribution in [-0.2, 0) is 10.0 Å². The van der Waals surface area contributed by atoms with Crippen molar-refractivity contribution < 1.29 is 13.5 Å². The molecule has 0 bridgehead atoms. The maximum Gasteiger partial charge on any atom is 0.212 e. The zero-order valence-corrected chi connectivity index (χ0v) is 10.4. The molecular formula is C11H21NO3S. The van der Waals surface area contributed by atoms with Gasteiger partial charge in [-0.3, -0.25) is 0 Å². The Hall–Kier alpha value is -0.130. The van der Waals surface area contributed by atoms with Crippen LogP contribution < -0.4 is 4.72 Å². The highest BCUT2D eigenvalue weighted by Crippen LogP contribution is 2.36. The third-order valence-corrected chi connectivity index (χ3v) is 5.36. The van der Waals surface area contributed by atoms with Gasteiger partial charge in [-0.15, -0.1) is 0 Å². The van der Waals surface area contributed by atoms with E-state index in [4.69, 9.17) is 5.11 Å². The third-order valence-electron chi connectivity index (χ3n) is 3.71. The second-order valence-corrected chi connectivity index (χ2v) is 7.09. The Labute approximate surface area is 97.5 Å². The number of hydrogen-bond donors (Lipinski definition) is 2. The summed E-state index contributed by atoms with van der Waals surface area (Å²) in [5, 5.41) is 9.10. The lowest BCUT2D eigenvalue weighted by Gasteiger charge is -2.23. The highest BCUT2D eigenvalue weighted by atomic mass is 32.2. The van der Waals surface area contributed by atoms with E-state index in [0.29, 0.717) is 5.92 Å². The molecule has 2 saturated carbocycles. The van der Waals surface area contributed by atoms with E-state index in [1.807, 2.05) is 0 Å². The number of hydrogen-bond acceptors (Lipinski definition) is 3. The number of rotatable bonds is 5. The first-order chi connectivity index (χ1) is 7.55. The molecule has 0 unspecified atom stereocenters. The minimum Gasteiger partial charge on any atom is -0.394 e. The number of aliphatic hydroxyl groups is 1. The molecule has 0 aromatic carbocycles.